The van der Waals surface area contributed by atoms with Gasteiger partial charge >= 0.3 is 0 Å². The molecule has 0 bridgehead atoms. The van der Waals surface area contributed by atoms with Gasteiger partial charge in [-0.2, -0.15) is 0 Å². The molecule has 3 aromatic carbocycles. The zero-order chi connectivity index (χ0) is 26.7. The summed E-state index contributed by atoms with van der Waals surface area (Å²) in [5, 5.41) is 0. The number of hydrogen-bond donors (Lipinski definition) is 0. The standard InChI is InChI=1S/C35H44NO2.BrH/c1-24-18-25(2)33(26(3)19-24)35(38-22-29-10-8-7-9-11-29)23-36(21-28-12-14-30(37-6)15-13-28)20-27(4)31-16-17-32(35)34(31,36)5;/h7-15,18-19,27,31-32H,16-17,20-23H2,1-6H3;1H/q+1;/p-1/t27-,31+,32+,34-,35-,36-;/m1./s1. The molecule has 0 N–H and O–H groups in total. The van der Waals surface area contributed by atoms with Crippen molar-refractivity contribution in [1.82, 2.24) is 0 Å². The van der Waals surface area contributed by atoms with Crippen LogP contribution in [0.4, 0.5) is 0 Å². The molecular formula is C35H44BrNO2. The number of quaternary nitrogens is 1. The van der Waals surface area contributed by atoms with Crippen LogP contribution in [0, 0.1) is 38.5 Å². The van der Waals surface area contributed by atoms with Crippen molar-refractivity contribution in [3.63, 3.8) is 0 Å². The van der Waals surface area contributed by atoms with Gasteiger partial charge in [0.15, 0.2) is 5.60 Å². The molecule has 4 heteroatoms. The van der Waals surface area contributed by atoms with E-state index in [0.717, 1.165) is 35.2 Å². The highest BCUT2D eigenvalue weighted by atomic mass is 79.9. The summed E-state index contributed by atoms with van der Waals surface area (Å²) < 4.78 is 14.0. The zero-order valence-corrected chi connectivity index (χ0v) is 26.1. The second kappa shape index (κ2) is 10.4. The van der Waals surface area contributed by atoms with Crippen molar-refractivity contribution in [2.24, 2.45) is 17.8 Å². The van der Waals surface area contributed by atoms with E-state index in [4.69, 9.17) is 9.47 Å². The first-order chi connectivity index (χ1) is 18.2. The molecule has 0 amide bonds. The van der Waals surface area contributed by atoms with Gasteiger partial charge in [-0.15, -0.1) is 0 Å². The van der Waals surface area contributed by atoms with Gasteiger partial charge in [0.25, 0.3) is 0 Å². The molecule has 0 aromatic heterocycles. The number of aryl methyl sites for hydroxylation is 3. The summed E-state index contributed by atoms with van der Waals surface area (Å²) in [6.07, 6.45) is 2.56. The molecule has 3 fully saturated rings. The third-order valence-electron chi connectivity index (χ3n) is 10.8. The SMILES string of the molecule is COc1ccc(C[N@@+]23C[C@@H](C)[C@@H]4CC[C@@H]([C@@]42C)[C@@](OCc2ccccc2)(c2c(C)cc(C)cc2C)C3)cc1.[Br-]. The fourth-order valence-corrected chi connectivity index (χ4v) is 9.58. The van der Waals surface area contributed by atoms with Crippen LogP contribution < -0.4 is 21.7 Å². The number of methoxy groups -OCH3 is 1. The second-order valence-corrected chi connectivity index (χ2v) is 12.9. The van der Waals surface area contributed by atoms with Crippen molar-refractivity contribution in [2.45, 2.75) is 71.8 Å². The summed E-state index contributed by atoms with van der Waals surface area (Å²) in [6, 6.07) is 24.4. The Morgan fingerprint density at radius 1 is 0.897 bits per heavy atom. The van der Waals surface area contributed by atoms with Gasteiger partial charge in [0.2, 0.25) is 0 Å². The maximum absolute atomic E-state index is 7.39. The molecule has 0 spiro atoms. The predicted octanol–water partition coefficient (Wildman–Crippen LogP) is 4.50. The fourth-order valence-electron chi connectivity index (χ4n) is 9.58. The van der Waals surface area contributed by atoms with E-state index in [-0.39, 0.29) is 28.1 Å². The van der Waals surface area contributed by atoms with Gasteiger partial charge in [-0.1, -0.05) is 55.0 Å². The highest BCUT2D eigenvalue weighted by Gasteiger charge is 2.78. The molecule has 1 saturated carbocycles. The van der Waals surface area contributed by atoms with Gasteiger partial charge in [-0.05, 0) is 87.1 Å². The summed E-state index contributed by atoms with van der Waals surface area (Å²) in [6.45, 7) is 16.0. The Morgan fingerprint density at radius 2 is 1.56 bits per heavy atom. The minimum absolute atomic E-state index is 0. The Balaban J connectivity index is 0.00000308. The molecule has 208 valence electrons. The molecule has 6 atom stereocenters. The molecular weight excluding hydrogens is 546 g/mol. The predicted molar refractivity (Wildman–Crippen MR) is 154 cm³/mol. The Bertz CT molecular complexity index is 1300. The maximum Gasteiger partial charge on any atom is 0.151 e. The van der Waals surface area contributed by atoms with Gasteiger partial charge < -0.3 is 30.9 Å². The van der Waals surface area contributed by atoms with Crippen LogP contribution in [0.3, 0.4) is 0 Å². The first-order valence-electron chi connectivity index (χ1n) is 14.5. The molecule has 1 aliphatic carbocycles. The van der Waals surface area contributed by atoms with Crippen LogP contribution in [0.25, 0.3) is 0 Å². The van der Waals surface area contributed by atoms with Crippen molar-refractivity contribution in [3.8, 4) is 5.75 Å². The third-order valence-corrected chi connectivity index (χ3v) is 10.8. The number of halogens is 1. The van der Waals surface area contributed by atoms with E-state index in [0.29, 0.717) is 12.5 Å². The molecule has 39 heavy (non-hydrogen) atoms. The topological polar surface area (TPSA) is 18.5 Å². The lowest BCUT2D eigenvalue weighted by Crippen LogP contribution is -3.00. The van der Waals surface area contributed by atoms with E-state index >= 15 is 0 Å². The Labute approximate surface area is 245 Å². The summed E-state index contributed by atoms with van der Waals surface area (Å²) in [4.78, 5) is 0. The molecule has 0 radical (unpaired) electrons. The van der Waals surface area contributed by atoms with E-state index in [2.05, 4.69) is 101 Å². The lowest BCUT2D eigenvalue weighted by Gasteiger charge is -2.43. The quantitative estimate of drug-likeness (QED) is 0.378. The summed E-state index contributed by atoms with van der Waals surface area (Å²) in [7, 11) is 1.75. The van der Waals surface area contributed by atoms with E-state index in [1.54, 1.807) is 7.11 Å². The zero-order valence-electron chi connectivity index (χ0n) is 24.5. The lowest BCUT2D eigenvalue weighted by atomic mass is 9.71. The first kappa shape index (κ1) is 28.4. The normalized spacial score (nSPS) is 32.6. The molecule has 3 aromatic rings. The minimum atomic E-state index is -0.298. The van der Waals surface area contributed by atoms with E-state index < -0.39 is 0 Å². The first-order valence-corrected chi connectivity index (χ1v) is 14.5. The number of ether oxygens (including phenoxy) is 2. The molecule has 6 rings (SSSR count). The molecule has 2 aliphatic heterocycles. The van der Waals surface area contributed by atoms with Gasteiger partial charge in [0, 0.05) is 17.4 Å². The van der Waals surface area contributed by atoms with E-state index in [9.17, 15) is 0 Å². The average molecular weight is 591 g/mol. The van der Waals surface area contributed by atoms with Crippen molar-refractivity contribution in [2.75, 3.05) is 20.2 Å². The Kier molecular flexibility index (Phi) is 7.54. The molecule has 2 saturated heterocycles. The maximum atomic E-state index is 7.39. The van der Waals surface area contributed by atoms with Crippen LogP contribution in [0.15, 0.2) is 66.7 Å². The Hall–Kier alpha value is -2.14. The number of rotatable bonds is 7. The number of hydrogen-bond acceptors (Lipinski definition) is 2. The highest BCUT2D eigenvalue weighted by Crippen LogP contribution is 2.68. The van der Waals surface area contributed by atoms with Gasteiger partial charge in [-0.25, -0.2) is 0 Å². The second-order valence-electron chi connectivity index (χ2n) is 12.9. The fraction of sp³-hybridized carbons (Fsp3) is 0.486. The molecule has 3 nitrogen and oxygen atoms in total. The largest absolute Gasteiger partial charge is 1.00 e. The van der Waals surface area contributed by atoms with Gasteiger partial charge in [-0.3, -0.25) is 0 Å². The van der Waals surface area contributed by atoms with Gasteiger partial charge in [0.1, 0.15) is 24.4 Å². The van der Waals surface area contributed by atoms with E-state index in [1.165, 1.54) is 52.8 Å². The highest BCUT2D eigenvalue weighted by molar-refractivity contribution is 5.44. The van der Waals surface area contributed by atoms with Crippen LogP contribution in [0.1, 0.15) is 60.1 Å². The van der Waals surface area contributed by atoms with Crippen molar-refractivity contribution < 1.29 is 30.9 Å². The molecule has 2 heterocycles. The van der Waals surface area contributed by atoms with Gasteiger partial charge in [0.05, 0.1) is 26.2 Å². The van der Waals surface area contributed by atoms with Crippen LogP contribution >= 0.6 is 0 Å². The summed E-state index contributed by atoms with van der Waals surface area (Å²) >= 11 is 0. The minimum Gasteiger partial charge on any atom is -1.00 e. The van der Waals surface area contributed by atoms with Crippen LogP contribution in [0.5, 0.6) is 5.75 Å². The number of benzene rings is 3. The van der Waals surface area contributed by atoms with Crippen LogP contribution in [0.2, 0.25) is 0 Å². The van der Waals surface area contributed by atoms with Crippen molar-refractivity contribution >= 4 is 0 Å². The Morgan fingerprint density at radius 3 is 2.21 bits per heavy atom. The smallest absolute Gasteiger partial charge is 0.151 e. The summed E-state index contributed by atoms with van der Waals surface area (Å²) in [5.74, 6) is 2.89. The van der Waals surface area contributed by atoms with Crippen molar-refractivity contribution in [1.29, 1.82) is 0 Å². The van der Waals surface area contributed by atoms with Crippen molar-refractivity contribution in [3.05, 3.63) is 100 Å². The lowest BCUT2D eigenvalue weighted by molar-refractivity contribution is -0.968. The van der Waals surface area contributed by atoms with E-state index in [1.807, 2.05) is 0 Å². The average Bonchev–Trinajstić information content (AvgIpc) is 3.43. The number of nitrogens with zero attached hydrogens (tertiary/aromatic N) is 1. The molecule has 0 unspecified atom stereocenters. The van der Waals surface area contributed by atoms with Crippen LogP contribution in [-0.4, -0.2) is 30.2 Å². The monoisotopic (exact) mass is 589 g/mol. The van der Waals surface area contributed by atoms with Crippen LogP contribution in [-0.2, 0) is 23.5 Å². The summed E-state index contributed by atoms with van der Waals surface area (Å²) in [5.41, 5.74) is 8.14. The molecule has 3 aliphatic rings. The third kappa shape index (κ3) is 4.29.